The van der Waals surface area contributed by atoms with Gasteiger partial charge in [-0.15, -0.1) is 0 Å². The van der Waals surface area contributed by atoms with Gasteiger partial charge in [0.2, 0.25) is 0 Å². The molecule has 1 aromatic carbocycles. The minimum Gasteiger partial charge on any atom is -0.315 e. The predicted molar refractivity (Wildman–Crippen MR) is 53.3 cm³/mol. The number of hydrogen-bond donors (Lipinski definition) is 2. The lowest BCUT2D eigenvalue weighted by atomic mass is 10.3. The Morgan fingerprint density at radius 1 is 1.40 bits per heavy atom. The van der Waals surface area contributed by atoms with E-state index in [4.69, 9.17) is 0 Å². The molecule has 0 radical (unpaired) electrons. The van der Waals surface area contributed by atoms with Gasteiger partial charge in [-0.25, -0.2) is 13.6 Å². The van der Waals surface area contributed by atoms with Crippen LogP contribution >= 0.6 is 0 Å². The normalized spacial score (nSPS) is 10.3. The van der Waals surface area contributed by atoms with Crippen molar-refractivity contribution < 1.29 is 13.6 Å². The summed E-state index contributed by atoms with van der Waals surface area (Å²) >= 11 is 0. The molecule has 0 bridgehead atoms. The van der Waals surface area contributed by atoms with E-state index in [1.165, 1.54) is 6.20 Å². The summed E-state index contributed by atoms with van der Waals surface area (Å²) in [7, 11) is 0. The number of halogens is 2. The topological polar surface area (TPSA) is 41.1 Å². The third kappa shape index (κ3) is 3.38. The van der Waals surface area contributed by atoms with E-state index in [-0.39, 0.29) is 5.69 Å². The number of amides is 2. The van der Waals surface area contributed by atoms with Crippen molar-refractivity contribution in [1.82, 2.24) is 5.32 Å². The van der Waals surface area contributed by atoms with Gasteiger partial charge in [0.25, 0.3) is 0 Å². The predicted octanol–water partition coefficient (Wildman–Crippen LogP) is 2.62. The van der Waals surface area contributed by atoms with Gasteiger partial charge in [-0.3, -0.25) is 0 Å². The maximum atomic E-state index is 13.0. The summed E-state index contributed by atoms with van der Waals surface area (Å²) in [5, 5.41) is 4.48. The SMILES string of the molecule is C/C=C/NC(=O)Nc1cc(F)ccc1F. The summed E-state index contributed by atoms with van der Waals surface area (Å²) < 4.78 is 25.7. The van der Waals surface area contributed by atoms with Crippen molar-refractivity contribution in [2.24, 2.45) is 0 Å². The molecule has 0 saturated carbocycles. The molecule has 15 heavy (non-hydrogen) atoms. The van der Waals surface area contributed by atoms with Gasteiger partial charge in [-0.2, -0.15) is 0 Å². The Morgan fingerprint density at radius 3 is 2.80 bits per heavy atom. The van der Waals surface area contributed by atoms with Crippen molar-refractivity contribution in [3.63, 3.8) is 0 Å². The van der Waals surface area contributed by atoms with Gasteiger partial charge in [0.1, 0.15) is 11.6 Å². The molecule has 2 amide bonds. The van der Waals surface area contributed by atoms with Gasteiger partial charge in [-0.05, 0) is 19.1 Å². The molecule has 0 atom stereocenters. The lowest BCUT2D eigenvalue weighted by Gasteiger charge is -2.05. The molecule has 0 fully saturated rings. The van der Waals surface area contributed by atoms with Gasteiger partial charge in [-0.1, -0.05) is 6.08 Å². The molecule has 0 unspecified atom stereocenters. The number of urea groups is 1. The lowest BCUT2D eigenvalue weighted by molar-refractivity contribution is 0.255. The average molecular weight is 212 g/mol. The third-order valence-corrected chi connectivity index (χ3v) is 1.56. The Kier molecular flexibility index (Phi) is 3.79. The minimum atomic E-state index is -0.688. The van der Waals surface area contributed by atoms with Crippen LogP contribution in [0, 0.1) is 11.6 Å². The summed E-state index contributed by atoms with van der Waals surface area (Å²) in [6.45, 7) is 1.71. The van der Waals surface area contributed by atoms with Gasteiger partial charge < -0.3 is 10.6 Å². The number of benzene rings is 1. The highest BCUT2D eigenvalue weighted by Crippen LogP contribution is 2.14. The van der Waals surface area contributed by atoms with Crippen LogP contribution in [0.4, 0.5) is 19.3 Å². The van der Waals surface area contributed by atoms with Crippen molar-refractivity contribution in [2.45, 2.75) is 6.92 Å². The van der Waals surface area contributed by atoms with Crippen molar-refractivity contribution in [3.8, 4) is 0 Å². The summed E-state index contributed by atoms with van der Waals surface area (Å²) in [4.78, 5) is 11.1. The van der Waals surface area contributed by atoms with Crippen LogP contribution in [0.25, 0.3) is 0 Å². The highest BCUT2D eigenvalue weighted by atomic mass is 19.1. The fraction of sp³-hybridized carbons (Fsp3) is 0.100. The fourth-order valence-corrected chi connectivity index (χ4v) is 0.911. The van der Waals surface area contributed by atoms with Crippen molar-refractivity contribution in [1.29, 1.82) is 0 Å². The second-order valence-corrected chi connectivity index (χ2v) is 2.72. The quantitative estimate of drug-likeness (QED) is 0.777. The summed E-state index contributed by atoms with van der Waals surface area (Å²) in [6, 6.07) is 2.20. The molecule has 1 aromatic rings. The van der Waals surface area contributed by atoms with Crippen LogP contribution < -0.4 is 10.6 Å². The van der Waals surface area contributed by atoms with Crippen LogP contribution in [0.1, 0.15) is 6.92 Å². The number of nitrogens with one attached hydrogen (secondary N) is 2. The molecule has 0 spiro atoms. The van der Waals surface area contributed by atoms with Gasteiger partial charge in [0.05, 0.1) is 5.69 Å². The standard InChI is InChI=1S/C10H10F2N2O/c1-2-5-13-10(15)14-9-6-7(11)3-4-8(9)12/h2-6H,1H3,(H2,13,14,15)/b5-2+. The largest absolute Gasteiger partial charge is 0.323 e. The highest BCUT2D eigenvalue weighted by molar-refractivity contribution is 5.89. The van der Waals surface area contributed by atoms with Crippen LogP contribution in [0.2, 0.25) is 0 Å². The molecule has 0 aliphatic rings. The van der Waals surface area contributed by atoms with E-state index in [9.17, 15) is 13.6 Å². The maximum Gasteiger partial charge on any atom is 0.323 e. The summed E-state index contributed by atoms with van der Waals surface area (Å²) in [5.74, 6) is -1.30. The Hall–Kier alpha value is -1.91. The van der Waals surface area contributed by atoms with Gasteiger partial charge in [0.15, 0.2) is 0 Å². The molecule has 0 heterocycles. The molecular formula is C10H10F2N2O. The Labute approximate surface area is 85.8 Å². The number of allylic oxidation sites excluding steroid dienone is 1. The molecule has 1 rings (SSSR count). The van der Waals surface area contributed by atoms with Crippen LogP contribution in [0.15, 0.2) is 30.5 Å². The second kappa shape index (κ2) is 5.09. The first kappa shape index (κ1) is 11.2. The van der Waals surface area contributed by atoms with Crippen molar-refractivity contribution in [3.05, 3.63) is 42.1 Å². The molecular weight excluding hydrogens is 202 g/mol. The van der Waals surface area contributed by atoms with E-state index in [2.05, 4.69) is 10.6 Å². The molecule has 0 aliphatic heterocycles. The smallest absolute Gasteiger partial charge is 0.315 e. The number of hydrogen-bond acceptors (Lipinski definition) is 1. The highest BCUT2D eigenvalue weighted by Gasteiger charge is 2.06. The van der Waals surface area contributed by atoms with Crippen LogP contribution in [0.3, 0.4) is 0 Å². The summed E-state index contributed by atoms with van der Waals surface area (Å²) in [6.07, 6.45) is 2.98. The number of carbonyl (C=O) groups excluding carboxylic acids is 1. The van der Waals surface area contributed by atoms with Crippen molar-refractivity contribution in [2.75, 3.05) is 5.32 Å². The number of carbonyl (C=O) groups is 1. The molecule has 2 N–H and O–H groups in total. The number of anilines is 1. The van der Waals surface area contributed by atoms with Crippen LogP contribution in [-0.4, -0.2) is 6.03 Å². The summed E-state index contributed by atoms with van der Waals surface area (Å²) in [5.41, 5.74) is -0.197. The first-order valence-corrected chi connectivity index (χ1v) is 4.27. The molecule has 0 aromatic heterocycles. The van der Waals surface area contributed by atoms with Crippen molar-refractivity contribution >= 4 is 11.7 Å². The monoisotopic (exact) mass is 212 g/mol. The molecule has 80 valence electrons. The second-order valence-electron chi connectivity index (χ2n) is 2.72. The zero-order valence-electron chi connectivity index (χ0n) is 8.05. The Morgan fingerprint density at radius 2 is 2.13 bits per heavy atom. The Bertz CT molecular complexity index is 391. The van der Waals surface area contributed by atoms with E-state index in [0.29, 0.717) is 0 Å². The zero-order valence-corrected chi connectivity index (χ0v) is 8.05. The molecule has 0 aliphatic carbocycles. The lowest BCUT2D eigenvalue weighted by Crippen LogP contribution is -2.24. The minimum absolute atomic E-state index is 0.197. The van der Waals surface area contributed by atoms with E-state index in [1.54, 1.807) is 13.0 Å². The molecule has 5 heteroatoms. The van der Waals surface area contributed by atoms with E-state index >= 15 is 0 Å². The third-order valence-electron chi connectivity index (χ3n) is 1.56. The van der Waals surface area contributed by atoms with Crippen LogP contribution in [0.5, 0.6) is 0 Å². The number of rotatable bonds is 2. The Balaban J connectivity index is 2.71. The fourth-order valence-electron chi connectivity index (χ4n) is 0.911. The zero-order chi connectivity index (χ0) is 11.3. The van der Waals surface area contributed by atoms with Gasteiger partial charge in [0, 0.05) is 12.3 Å². The maximum absolute atomic E-state index is 13.0. The molecule has 3 nitrogen and oxygen atoms in total. The van der Waals surface area contributed by atoms with Crippen LogP contribution in [-0.2, 0) is 0 Å². The van der Waals surface area contributed by atoms with E-state index in [1.807, 2.05) is 0 Å². The van der Waals surface area contributed by atoms with E-state index in [0.717, 1.165) is 18.2 Å². The average Bonchev–Trinajstić information content (AvgIpc) is 2.20. The first-order chi connectivity index (χ1) is 7.13. The van der Waals surface area contributed by atoms with Gasteiger partial charge >= 0.3 is 6.03 Å². The molecule has 0 saturated heterocycles. The van der Waals surface area contributed by atoms with E-state index < -0.39 is 17.7 Å². The first-order valence-electron chi connectivity index (χ1n) is 4.27.